The molecule has 0 saturated carbocycles. The van der Waals surface area contributed by atoms with Gasteiger partial charge in [-0.1, -0.05) is 11.8 Å². The van der Waals surface area contributed by atoms with E-state index in [1.165, 1.54) is 44.9 Å². The summed E-state index contributed by atoms with van der Waals surface area (Å²) < 4.78 is 30.6. The van der Waals surface area contributed by atoms with Crippen molar-refractivity contribution in [3.05, 3.63) is 18.2 Å². The number of hydrogen-bond acceptors (Lipinski definition) is 6. The van der Waals surface area contributed by atoms with Crippen molar-refractivity contribution in [3.63, 3.8) is 0 Å². The standard InChI is InChI=1S/C12H14N2O4S2/c1-8(15)7-19-12-13-10-6-9(4-5-11(10)18-12)20(16,17)14(2)3/h4-6H,7H2,1-3H3. The van der Waals surface area contributed by atoms with E-state index in [-0.39, 0.29) is 16.4 Å². The number of sulfonamides is 1. The topological polar surface area (TPSA) is 80.5 Å². The van der Waals surface area contributed by atoms with Crippen LogP contribution in [0.4, 0.5) is 0 Å². The zero-order valence-electron chi connectivity index (χ0n) is 11.3. The summed E-state index contributed by atoms with van der Waals surface area (Å²) in [5.41, 5.74) is 0.952. The van der Waals surface area contributed by atoms with E-state index in [9.17, 15) is 13.2 Å². The van der Waals surface area contributed by atoms with Crippen molar-refractivity contribution in [3.8, 4) is 0 Å². The minimum absolute atomic E-state index is 0.0214. The summed E-state index contributed by atoms with van der Waals surface area (Å²) in [7, 11) is -0.557. The Morgan fingerprint density at radius 3 is 2.70 bits per heavy atom. The molecule has 0 N–H and O–H groups in total. The van der Waals surface area contributed by atoms with Gasteiger partial charge < -0.3 is 4.42 Å². The lowest BCUT2D eigenvalue weighted by Gasteiger charge is -2.10. The van der Waals surface area contributed by atoms with Gasteiger partial charge in [0.15, 0.2) is 5.58 Å². The monoisotopic (exact) mass is 314 g/mol. The molecule has 0 bridgehead atoms. The van der Waals surface area contributed by atoms with Crippen LogP contribution in [-0.4, -0.2) is 43.3 Å². The number of ketones is 1. The van der Waals surface area contributed by atoms with Crippen molar-refractivity contribution in [2.24, 2.45) is 0 Å². The smallest absolute Gasteiger partial charge is 0.257 e. The maximum absolute atomic E-state index is 12.0. The Hall–Kier alpha value is -1.38. The predicted molar refractivity (Wildman–Crippen MR) is 76.3 cm³/mol. The van der Waals surface area contributed by atoms with E-state index in [0.29, 0.717) is 16.3 Å². The lowest BCUT2D eigenvalue weighted by atomic mass is 10.3. The van der Waals surface area contributed by atoms with Crippen LogP contribution in [0.15, 0.2) is 32.7 Å². The van der Waals surface area contributed by atoms with Gasteiger partial charge in [-0.15, -0.1) is 0 Å². The van der Waals surface area contributed by atoms with Gasteiger partial charge in [0.25, 0.3) is 5.22 Å². The van der Waals surface area contributed by atoms with Crippen LogP contribution in [0.3, 0.4) is 0 Å². The highest BCUT2D eigenvalue weighted by Gasteiger charge is 2.19. The maximum atomic E-state index is 12.0. The van der Waals surface area contributed by atoms with Gasteiger partial charge in [-0.25, -0.2) is 17.7 Å². The first-order chi connectivity index (χ1) is 9.30. The van der Waals surface area contributed by atoms with Crippen LogP contribution in [0, 0.1) is 0 Å². The van der Waals surface area contributed by atoms with E-state index in [0.717, 1.165) is 4.31 Å². The number of fused-ring (bicyclic) bond motifs is 1. The quantitative estimate of drug-likeness (QED) is 0.782. The molecule has 1 aromatic carbocycles. The molecule has 0 unspecified atom stereocenters. The molecule has 6 nitrogen and oxygen atoms in total. The normalized spacial score (nSPS) is 12.2. The number of benzene rings is 1. The van der Waals surface area contributed by atoms with E-state index in [1.54, 1.807) is 6.07 Å². The second-order valence-electron chi connectivity index (χ2n) is 4.39. The predicted octanol–water partition coefficient (Wildman–Crippen LogP) is 1.76. The second kappa shape index (κ2) is 5.55. The van der Waals surface area contributed by atoms with Gasteiger partial charge in [0.1, 0.15) is 11.3 Å². The average Bonchev–Trinajstić information content (AvgIpc) is 2.77. The van der Waals surface area contributed by atoms with Crippen LogP contribution in [0.2, 0.25) is 0 Å². The molecule has 0 fully saturated rings. The number of aromatic nitrogens is 1. The molecule has 0 amide bonds. The van der Waals surface area contributed by atoms with E-state index >= 15 is 0 Å². The van der Waals surface area contributed by atoms with Gasteiger partial charge in [-0.05, 0) is 25.1 Å². The highest BCUT2D eigenvalue weighted by molar-refractivity contribution is 7.99. The molecule has 1 aromatic heterocycles. The third-order valence-electron chi connectivity index (χ3n) is 2.52. The first kappa shape index (κ1) is 15.0. The SMILES string of the molecule is CC(=O)CSc1nc2cc(S(=O)(=O)N(C)C)ccc2o1. The molecule has 20 heavy (non-hydrogen) atoms. The fourth-order valence-electron chi connectivity index (χ4n) is 1.48. The number of Topliss-reactive ketones (excluding diaryl/α,β-unsaturated/α-hetero) is 1. The Bertz CT molecular complexity index is 750. The molecule has 0 aliphatic rings. The van der Waals surface area contributed by atoms with Crippen LogP contribution in [0.25, 0.3) is 11.1 Å². The molecule has 0 aliphatic heterocycles. The lowest BCUT2D eigenvalue weighted by molar-refractivity contribution is -0.114. The number of rotatable bonds is 5. The first-order valence-electron chi connectivity index (χ1n) is 5.76. The minimum Gasteiger partial charge on any atom is -0.431 e. The highest BCUT2D eigenvalue weighted by Crippen LogP contribution is 2.26. The third-order valence-corrected chi connectivity index (χ3v) is 5.30. The van der Waals surface area contributed by atoms with Gasteiger partial charge in [0, 0.05) is 14.1 Å². The largest absolute Gasteiger partial charge is 0.431 e. The molecule has 0 spiro atoms. The Labute approximate surface area is 121 Å². The fourth-order valence-corrected chi connectivity index (χ4v) is 3.04. The van der Waals surface area contributed by atoms with Crippen LogP contribution < -0.4 is 0 Å². The molecular formula is C12H14N2O4S2. The summed E-state index contributed by atoms with van der Waals surface area (Å²) in [5.74, 6) is 0.295. The molecule has 108 valence electrons. The number of hydrogen-bond donors (Lipinski definition) is 0. The Balaban J connectivity index is 2.38. The Morgan fingerprint density at radius 2 is 2.10 bits per heavy atom. The summed E-state index contributed by atoms with van der Waals surface area (Å²) in [6, 6.07) is 4.50. The van der Waals surface area contributed by atoms with Crippen LogP contribution >= 0.6 is 11.8 Å². The molecule has 0 aliphatic carbocycles. The Kier molecular flexibility index (Phi) is 4.17. The van der Waals surface area contributed by atoms with Gasteiger partial charge in [0.05, 0.1) is 10.6 Å². The van der Waals surface area contributed by atoms with Crippen molar-refractivity contribution in [1.82, 2.24) is 9.29 Å². The first-order valence-corrected chi connectivity index (χ1v) is 8.18. The van der Waals surface area contributed by atoms with Gasteiger partial charge in [-0.3, -0.25) is 4.79 Å². The average molecular weight is 314 g/mol. The zero-order valence-corrected chi connectivity index (χ0v) is 12.9. The lowest BCUT2D eigenvalue weighted by Crippen LogP contribution is -2.22. The van der Waals surface area contributed by atoms with Crippen LogP contribution in [0.5, 0.6) is 0 Å². The molecular weight excluding hydrogens is 300 g/mol. The molecule has 8 heteroatoms. The molecule has 2 rings (SSSR count). The van der Waals surface area contributed by atoms with Gasteiger partial charge >= 0.3 is 0 Å². The second-order valence-corrected chi connectivity index (χ2v) is 7.47. The summed E-state index contributed by atoms with van der Waals surface area (Å²) in [5, 5.41) is 0.356. The van der Waals surface area contributed by atoms with Crippen molar-refractivity contribution >= 4 is 38.7 Å². The summed E-state index contributed by atoms with van der Waals surface area (Å²) in [6.45, 7) is 1.48. The van der Waals surface area contributed by atoms with E-state index in [4.69, 9.17) is 4.42 Å². The summed E-state index contributed by atoms with van der Waals surface area (Å²) >= 11 is 1.19. The number of oxazole rings is 1. The maximum Gasteiger partial charge on any atom is 0.257 e. The van der Waals surface area contributed by atoms with Crippen molar-refractivity contribution in [2.45, 2.75) is 17.0 Å². The summed E-state index contributed by atoms with van der Waals surface area (Å²) in [6.07, 6.45) is 0. The molecule has 0 atom stereocenters. The number of thioether (sulfide) groups is 1. The minimum atomic E-state index is -3.49. The summed E-state index contributed by atoms with van der Waals surface area (Å²) in [4.78, 5) is 15.3. The third kappa shape index (κ3) is 3.02. The highest BCUT2D eigenvalue weighted by atomic mass is 32.2. The number of nitrogens with zero attached hydrogens (tertiary/aromatic N) is 2. The van der Waals surface area contributed by atoms with Gasteiger partial charge in [0.2, 0.25) is 10.0 Å². The van der Waals surface area contributed by atoms with Crippen molar-refractivity contribution in [1.29, 1.82) is 0 Å². The van der Waals surface area contributed by atoms with E-state index in [2.05, 4.69) is 4.98 Å². The fraction of sp³-hybridized carbons (Fsp3) is 0.333. The number of carbonyl (C=O) groups is 1. The Morgan fingerprint density at radius 1 is 1.40 bits per heavy atom. The molecule has 0 saturated heterocycles. The molecule has 1 heterocycles. The van der Waals surface area contributed by atoms with E-state index < -0.39 is 10.0 Å². The van der Waals surface area contributed by atoms with Gasteiger partial charge in [-0.2, -0.15) is 0 Å². The van der Waals surface area contributed by atoms with E-state index in [1.807, 2.05) is 0 Å². The zero-order chi connectivity index (χ0) is 14.9. The van der Waals surface area contributed by atoms with Crippen molar-refractivity contribution in [2.75, 3.05) is 19.8 Å². The van der Waals surface area contributed by atoms with Crippen LogP contribution in [-0.2, 0) is 14.8 Å². The number of carbonyl (C=O) groups excluding carboxylic acids is 1. The molecule has 2 aromatic rings. The molecule has 0 radical (unpaired) electrons. The van der Waals surface area contributed by atoms with Crippen molar-refractivity contribution < 1.29 is 17.6 Å². The van der Waals surface area contributed by atoms with Crippen LogP contribution in [0.1, 0.15) is 6.92 Å².